The van der Waals surface area contributed by atoms with Gasteiger partial charge in [-0.25, -0.2) is 24.2 Å². The summed E-state index contributed by atoms with van der Waals surface area (Å²) in [5, 5.41) is 33.0. The Bertz CT molecular complexity index is 2730. The van der Waals surface area contributed by atoms with Crippen molar-refractivity contribution < 1.29 is 58.3 Å². The highest BCUT2D eigenvalue weighted by molar-refractivity contribution is 6.76. The highest BCUT2D eigenvalue weighted by Crippen LogP contribution is 2.43. The Labute approximate surface area is 423 Å². The molecule has 0 fully saturated rings. The van der Waals surface area contributed by atoms with E-state index in [4.69, 9.17) is 19.2 Å². The number of carbonyl (C=O) groups is 6. The van der Waals surface area contributed by atoms with Crippen LogP contribution >= 0.6 is 0 Å². The van der Waals surface area contributed by atoms with E-state index in [0.717, 1.165) is 16.5 Å². The SMILES string of the molecule is CCc1c2c(nc3ccc(OC(=O)N(C)CCN(C)C(=O)O[C@H]4/C=C/CC[C@@](C)(C(=O)N(CC[Si](C)(C)C)[C@@](CC[Si](C)(C)C)(CC(=O)O)C(=O)O)CC4)cc13)-c1cc3c(c(=O)n1C2)COC(=O)[C@]3(O)CC. The molecule has 4 heterocycles. The second-order valence-electron chi connectivity index (χ2n) is 22.5. The number of aromatic nitrogens is 2. The molecule has 72 heavy (non-hydrogen) atoms. The summed E-state index contributed by atoms with van der Waals surface area (Å²) < 4.78 is 18.5. The first kappa shape index (κ1) is 55.4. The van der Waals surface area contributed by atoms with Gasteiger partial charge in [-0.15, -0.1) is 0 Å². The molecule has 2 aliphatic heterocycles. The zero-order chi connectivity index (χ0) is 53.3. The molecule has 0 bridgehead atoms. The number of aliphatic hydroxyl groups is 1. The fraction of sp³-hybridized carbons (Fsp3) is 0.577. The number of allylic oxidation sites excluding steroid dienone is 1. The third-order valence-corrected chi connectivity index (χ3v) is 18.1. The van der Waals surface area contributed by atoms with Crippen molar-refractivity contribution in [1.82, 2.24) is 24.3 Å². The van der Waals surface area contributed by atoms with Crippen molar-refractivity contribution in [3.05, 3.63) is 69.0 Å². The van der Waals surface area contributed by atoms with Crippen LogP contribution in [0.3, 0.4) is 0 Å². The summed E-state index contributed by atoms with van der Waals surface area (Å²) in [4.78, 5) is 103. The van der Waals surface area contributed by atoms with E-state index in [0.29, 0.717) is 48.3 Å². The fourth-order valence-electron chi connectivity index (χ4n) is 9.86. The molecule has 1 aliphatic carbocycles. The van der Waals surface area contributed by atoms with Crippen molar-refractivity contribution in [2.45, 2.75) is 154 Å². The first-order valence-electron chi connectivity index (χ1n) is 25.0. The maximum Gasteiger partial charge on any atom is 0.415 e. The molecule has 0 spiro atoms. The topological polar surface area (TPSA) is 235 Å². The van der Waals surface area contributed by atoms with Gasteiger partial charge in [-0.3, -0.25) is 14.4 Å². The number of carboxylic acids is 2. The number of nitrogens with zero attached hydrogens (tertiary/aromatic N) is 5. The minimum atomic E-state index is -1.94. The summed E-state index contributed by atoms with van der Waals surface area (Å²) in [6, 6.07) is 7.87. The van der Waals surface area contributed by atoms with Crippen LogP contribution in [0.2, 0.25) is 51.4 Å². The van der Waals surface area contributed by atoms with Gasteiger partial charge in [-0.2, -0.15) is 0 Å². The van der Waals surface area contributed by atoms with Crippen molar-refractivity contribution in [3.8, 4) is 17.1 Å². The number of cyclic esters (lactones) is 1. The van der Waals surface area contributed by atoms with E-state index in [9.17, 15) is 48.9 Å². The van der Waals surface area contributed by atoms with Crippen LogP contribution in [0, 0.1) is 5.41 Å². The number of likely N-dealkylation sites (N-methyl/N-ethyl adjacent to an activating group) is 2. The minimum Gasteiger partial charge on any atom is -0.481 e. The molecule has 4 atom stereocenters. The number of benzene rings is 1. The maximum absolute atomic E-state index is 14.9. The Morgan fingerprint density at radius 3 is 2.19 bits per heavy atom. The molecule has 6 rings (SSSR count). The van der Waals surface area contributed by atoms with Crippen molar-refractivity contribution >= 4 is 63.1 Å². The van der Waals surface area contributed by atoms with Gasteiger partial charge in [0.2, 0.25) is 5.91 Å². The van der Waals surface area contributed by atoms with E-state index in [1.54, 1.807) is 62.9 Å². The van der Waals surface area contributed by atoms with E-state index in [-0.39, 0.29) is 80.9 Å². The van der Waals surface area contributed by atoms with Crippen LogP contribution in [-0.2, 0) is 53.8 Å². The number of carbonyl (C=O) groups excluding carboxylic acids is 4. The van der Waals surface area contributed by atoms with Crippen molar-refractivity contribution in [1.29, 1.82) is 0 Å². The molecule has 20 heteroatoms. The highest BCUT2D eigenvalue weighted by Gasteiger charge is 2.52. The molecule has 392 valence electrons. The molecule has 0 saturated carbocycles. The van der Waals surface area contributed by atoms with Crippen LogP contribution in [0.15, 0.2) is 41.2 Å². The zero-order valence-electron chi connectivity index (χ0n) is 43.8. The Kier molecular flexibility index (Phi) is 16.4. The molecule has 0 saturated heterocycles. The summed E-state index contributed by atoms with van der Waals surface area (Å²) >= 11 is 0. The summed E-state index contributed by atoms with van der Waals surface area (Å²) in [6.45, 7) is 18.4. The van der Waals surface area contributed by atoms with Gasteiger partial charge in [0.25, 0.3) is 5.56 Å². The molecular weight excluding hydrogens is 959 g/mol. The quantitative estimate of drug-likeness (QED) is 0.0489. The number of ether oxygens (including phenoxy) is 3. The van der Waals surface area contributed by atoms with E-state index in [1.807, 2.05) is 13.0 Å². The number of pyridine rings is 2. The Morgan fingerprint density at radius 2 is 1.58 bits per heavy atom. The normalized spacial score (nSPS) is 20.9. The van der Waals surface area contributed by atoms with E-state index >= 15 is 0 Å². The van der Waals surface area contributed by atoms with Gasteiger partial charge in [-0.1, -0.05) is 72.2 Å². The van der Waals surface area contributed by atoms with Crippen molar-refractivity contribution in [3.63, 3.8) is 0 Å². The average molecular weight is 1030 g/mol. The number of esters is 1. The molecule has 1 aromatic carbocycles. The summed E-state index contributed by atoms with van der Waals surface area (Å²) in [5.41, 5.74) is -1.45. The van der Waals surface area contributed by atoms with Crippen LogP contribution in [0.4, 0.5) is 9.59 Å². The molecule has 2 aromatic heterocycles. The van der Waals surface area contributed by atoms with Gasteiger partial charge in [-0.05, 0) is 86.9 Å². The third kappa shape index (κ3) is 11.6. The predicted molar refractivity (Wildman–Crippen MR) is 276 cm³/mol. The lowest BCUT2D eigenvalue weighted by molar-refractivity contribution is -0.172. The van der Waals surface area contributed by atoms with Crippen LogP contribution in [0.25, 0.3) is 22.3 Å². The van der Waals surface area contributed by atoms with Gasteiger partial charge in [0, 0.05) is 71.8 Å². The third-order valence-electron chi connectivity index (χ3n) is 14.7. The smallest absolute Gasteiger partial charge is 0.415 e. The average Bonchev–Trinajstić information content (AvgIpc) is 3.67. The largest absolute Gasteiger partial charge is 0.481 e. The lowest BCUT2D eigenvalue weighted by atomic mass is 9.76. The molecule has 3 aliphatic rings. The summed E-state index contributed by atoms with van der Waals surface area (Å²) in [6.07, 6.45) is 2.91. The molecular formula is C52H73N5O13Si2. The molecule has 0 unspecified atom stereocenters. The molecule has 3 aromatic rings. The minimum absolute atomic E-state index is 0.0311. The monoisotopic (exact) mass is 1030 g/mol. The molecule has 3 N–H and O–H groups in total. The zero-order valence-corrected chi connectivity index (χ0v) is 45.8. The number of hydrogen-bond acceptors (Lipinski definition) is 12. The number of carboxylic acid groups (broad SMARTS) is 2. The Hall–Kier alpha value is -5.87. The highest BCUT2D eigenvalue weighted by atomic mass is 28.3. The number of amides is 3. The van der Waals surface area contributed by atoms with Gasteiger partial charge in [0.15, 0.2) is 11.1 Å². The number of aliphatic carboxylic acids is 2. The van der Waals surface area contributed by atoms with Crippen molar-refractivity contribution in [2.24, 2.45) is 5.41 Å². The first-order valence-corrected chi connectivity index (χ1v) is 32.4. The standard InChI is InChI=1S/C52H73N5O13Si2/c1-12-35-36-28-34(17-18-40(36)53-43-37(35)31-56-41(43)29-39-38(44(56)60)32-68-47(64)52(39,67)13-2)70-49(66)55(5)24-23-54(4)48(65)69-33-16-14-15-20-50(3,21-19-33)45(61)57(25-27-72(9,10)11)51(46(62)63,30-42(58)59)22-26-71(6,7)8/h14,16-18,28-29,33,67H,12-13,15,19-27,30-32H2,1-11H3,(H,58,59)(H,62,63)/b16-14+/t33-,50+,51-,52-/m0/s1. The second-order valence-corrected chi connectivity index (χ2v) is 33.7. The number of hydrogen-bond donors (Lipinski definition) is 3. The van der Waals surface area contributed by atoms with Gasteiger partial charge >= 0.3 is 30.1 Å². The summed E-state index contributed by atoms with van der Waals surface area (Å²) in [7, 11) is -0.613. The van der Waals surface area contributed by atoms with E-state index in [2.05, 4.69) is 39.3 Å². The Balaban J connectivity index is 1.10. The fourth-order valence-corrected chi connectivity index (χ4v) is 11.9. The predicted octanol–water partition coefficient (Wildman–Crippen LogP) is 7.84. The summed E-state index contributed by atoms with van der Waals surface area (Å²) in [5.74, 6) is -3.52. The van der Waals surface area contributed by atoms with Crippen LogP contribution < -0.4 is 10.3 Å². The van der Waals surface area contributed by atoms with Crippen molar-refractivity contribution in [2.75, 3.05) is 33.7 Å². The molecule has 18 nitrogen and oxygen atoms in total. The maximum atomic E-state index is 14.9. The lowest BCUT2D eigenvalue weighted by Crippen LogP contribution is -2.62. The number of rotatable bonds is 18. The van der Waals surface area contributed by atoms with Crippen LogP contribution in [0.1, 0.15) is 88.0 Å². The van der Waals surface area contributed by atoms with Gasteiger partial charge in [0.05, 0.1) is 35.4 Å². The van der Waals surface area contributed by atoms with Gasteiger partial charge < -0.3 is 48.8 Å². The lowest BCUT2D eigenvalue weighted by Gasteiger charge is -2.46. The number of aryl methyl sites for hydroxylation is 1. The Morgan fingerprint density at radius 1 is 0.917 bits per heavy atom. The van der Waals surface area contributed by atoms with Crippen LogP contribution in [0.5, 0.6) is 5.75 Å². The van der Waals surface area contributed by atoms with E-state index in [1.165, 1.54) is 14.7 Å². The molecule has 3 amide bonds. The first-order chi connectivity index (χ1) is 33.6. The van der Waals surface area contributed by atoms with Crippen LogP contribution in [-0.4, -0.2) is 137 Å². The number of fused-ring (bicyclic) bond motifs is 5. The van der Waals surface area contributed by atoms with Gasteiger partial charge in [0.1, 0.15) is 18.5 Å². The molecule has 0 radical (unpaired) electrons. The van der Waals surface area contributed by atoms with E-state index < -0.39 is 81.2 Å². The second kappa shape index (κ2) is 21.3.